The van der Waals surface area contributed by atoms with Gasteiger partial charge in [0.2, 0.25) is 5.91 Å². The molecule has 0 atom stereocenters. The zero-order chi connectivity index (χ0) is 14.2. The lowest BCUT2D eigenvalue weighted by atomic mass is 10.1. The van der Waals surface area contributed by atoms with Crippen molar-refractivity contribution in [2.24, 2.45) is 0 Å². The Morgan fingerprint density at radius 2 is 1.80 bits per heavy atom. The number of amides is 1. The zero-order valence-corrected chi connectivity index (χ0v) is 12.0. The minimum atomic E-state index is 0.199. The molecule has 4 heteroatoms. The maximum Gasteiger partial charge on any atom is 0.222 e. The molecule has 2 rings (SSSR count). The molecular weight excluding hydrogens is 252 g/mol. The van der Waals surface area contributed by atoms with Crippen LogP contribution in [0.1, 0.15) is 18.4 Å². The normalized spacial score (nSPS) is 16.4. The number of β-amino-alcohol motifs (C(OH)–C–C–N with tert-alkyl or cyclic N) is 1. The Balaban J connectivity index is 1.66. The van der Waals surface area contributed by atoms with Crippen LogP contribution in [-0.4, -0.2) is 60.1 Å². The number of piperazine rings is 1. The number of rotatable bonds is 6. The number of hydrogen-bond acceptors (Lipinski definition) is 3. The number of hydrogen-bond donors (Lipinski definition) is 1. The molecule has 1 saturated heterocycles. The van der Waals surface area contributed by atoms with Crippen molar-refractivity contribution in [3.05, 3.63) is 35.9 Å². The first kappa shape index (κ1) is 15.0. The van der Waals surface area contributed by atoms with Gasteiger partial charge in [-0.25, -0.2) is 0 Å². The lowest BCUT2D eigenvalue weighted by molar-refractivity contribution is -0.133. The molecule has 1 amide bonds. The first-order valence-electron chi connectivity index (χ1n) is 7.44. The van der Waals surface area contributed by atoms with Crippen molar-refractivity contribution in [1.29, 1.82) is 0 Å². The fraction of sp³-hybridized carbons (Fsp3) is 0.562. The van der Waals surface area contributed by atoms with Gasteiger partial charge in [0.15, 0.2) is 0 Å². The number of carbonyl (C=O) groups is 1. The van der Waals surface area contributed by atoms with Crippen LogP contribution >= 0.6 is 0 Å². The van der Waals surface area contributed by atoms with Crippen LogP contribution in [-0.2, 0) is 11.2 Å². The van der Waals surface area contributed by atoms with E-state index in [9.17, 15) is 4.79 Å². The number of aliphatic hydroxyl groups excluding tert-OH is 1. The van der Waals surface area contributed by atoms with Crippen LogP contribution in [0.4, 0.5) is 0 Å². The standard InChI is InChI=1S/C16H24N2O2/c19-14-13-17-9-11-18(12-10-17)16(20)8-4-7-15-5-2-1-3-6-15/h1-3,5-6,19H,4,7-14H2. The van der Waals surface area contributed by atoms with E-state index in [1.807, 2.05) is 23.1 Å². The van der Waals surface area contributed by atoms with Crippen LogP contribution in [0.3, 0.4) is 0 Å². The summed E-state index contributed by atoms with van der Waals surface area (Å²) in [6, 6.07) is 10.3. The Hall–Kier alpha value is -1.39. The molecule has 1 aromatic carbocycles. The second kappa shape index (κ2) is 8.02. The number of benzene rings is 1. The smallest absolute Gasteiger partial charge is 0.222 e. The molecule has 110 valence electrons. The van der Waals surface area contributed by atoms with E-state index in [1.165, 1.54) is 5.56 Å². The van der Waals surface area contributed by atoms with Gasteiger partial charge >= 0.3 is 0 Å². The Morgan fingerprint density at radius 3 is 2.45 bits per heavy atom. The Bertz CT molecular complexity index is 400. The van der Waals surface area contributed by atoms with Crippen LogP contribution in [0.5, 0.6) is 0 Å². The van der Waals surface area contributed by atoms with Gasteiger partial charge in [-0.05, 0) is 18.4 Å². The quantitative estimate of drug-likeness (QED) is 0.847. The first-order chi connectivity index (χ1) is 9.79. The highest BCUT2D eigenvalue weighted by Crippen LogP contribution is 2.08. The summed E-state index contributed by atoms with van der Waals surface area (Å²) in [6.07, 6.45) is 2.52. The summed E-state index contributed by atoms with van der Waals surface area (Å²) in [7, 11) is 0. The molecule has 4 nitrogen and oxygen atoms in total. The topological polar surface area (TPSA) is 43.8 Å². The average Bonchev–Trinajstić information content (AvgIpc) is 2.49. The lowest BCUT2D eigenvalue weighted by Gasteiger charge is -2.34. The van der Waals surface area contributed by atoms with Gasteiger partial charge in [0.1, 0.15) is 0 Å². The van der Waals surface area contributed by atoms with Crippen LogP contribution in [0.25, 0.3) is 0 Å². The van der Waals surface area contributed by atoms with E-state index in [4.69, 9.17) is 5.11 Å². The molecule has 1 aliphatic heterocycles. The Kier molecular flexibility index (Phi) is 6.02. The number of aliphatic hydroxyl groups is 1. The second-order valence-corrected chi connectivity index (χ2v) is 5.29. The monoisotopic (exact) mass is 276 g/mol. The number of carbonyl (C=O) groups excluding carboxylic acids is 1. The summed E-state index contributed by atoms with van der Waals surface area (Å²) in [4.78, 5) is 16.3. The molecule has 20 heavy (non-hydrogen) atoms. The first-order valence-corrected chi connectivity index (χ1v) is 7.44. The number of nitrogens with zero attached hydrogens (tertiary/aromatic N) is 2. The minimum absolute atomic E-state index is 0.199. The third kappa shape index (κ3) is 4.62. The van der Waals surface area contributed by atoms with E-state index in [-0.39, 0.29) is 12.5 Å². The summed E-state index contributed by atoms with van der Waals surface area (Å²) < 4.78 is 0. The van der Waals surface area contributed by atoms with E-state index in [2.05, 4.69) is 17.0 Å². The molecule has 1 aliphatic rings. The predicted octanol–water partition coefficient (Wildman–Crippen LogP) is 1.15. The highest BCUT2D eigenvalue weighted by molar-refractivity contribution is 5.76. The van der Waals surface area contributed by atoms with Crippen molar-refractivity contribution in [3.8, 4) is 0 Å². The highest BCUT2D eigenvalue weighted by Gasteiger charge is 2.19. The third-order valence-corrected chi connectivity index (χ3v) is 3.84. The van der Waals surface area contributed by atoms with Crippen LogP contribution < -0.4 is 0 Å². The van der Waals surface area contributed by atoms with Crippen molar-refractivity contribution in [2.75, 3.05) is 39.3 Å². The van der Waals surface area contributed by atoms with Gasteiger partial charge in [-0.15, -0.1) is 0 Å². The molecule has 0 spiro atoms. The van der Waals surface area contributed by atoms with Gasteiger partial charge in [0.25, 0.3) is 0 Å². The van der Waals surface area contributed by atoms with Crippen molar-refractivity contribution >= 4 is 5.91 Å². The summed E-state index contributed by atoms with van der Waals surface area (Å²) in [5.74, 6) is 0.268. The zero-order valence-electron chi connectivity index (χ0n) is 12.0. The van der Waals surface area contributed by atoms with Crippen LogP contribution in [0, 0.1) is 0 Å². The van der Waals surface area contributed by atoms with Crippen LogP contribution in [0.2, 0.25) is 0 Å². The molecule has 0 radical (unpaired) electrons. The Labute approximate surface area is 121 Å². The van der Waals surface area contributed by atoms with Crippen molar-refractivity contribution in [2.45, 2.75) is 19.3 Å². The van der Waals surface area contributed by atoms with E-state index in [1.54, 1.807) is 0 Å². The molecule has 1 aromatic rings. The second-order valence-electron chi connectivity index (χ2n) is 5.29. The van der Waals surface area contributed by atoms with Gasteiger partial charge < -0.3 is 10.0 Å². The molecule has 0 aromatic heterocycles. The van der Waals surface area contributed by atoms with Gasteiger partial charge in [-0.1, -0.05) is 30.3 Å². The molecule has 1 N–H and O–H groups in total. The Morgan fingerprint density at radius 1 is 1.10 bits per heavy atom. The third-order valence-electron chi connectivity index (χ3n) is 3.84. The summed E-state index contributed by atoms with van der Waals surface area (Å²) >= 11 is 0. The summed E-state index contributed by atoms with van der Waals surface area (Å²) in [5.41, 5.74) is 1.30. The van der Waals surface area contributed by atoms with E-state index in [0.29, 0.717) is 6.42 Å². The summed E-state index contributed by atoms with van der Waals surface area (Å²) in [5, 5.41) is 8.90. The molecule has 0 bridgehead atoms. The van der Waals surface area contributed by atoms with Crippen LogP contribution in [0.15, 0.2) is 30.3 Å². The molecule has 0 aliphatic carbocycles. The molecule has 1 fully saturated rings. The molecule has 0 saturated carbocycles. The molecular formula is C16H24N2O2. The van der Waals surface area contributed by atoms with E-state index < -0.39 is 0 Å². The van der Waals surface area contributed by atoms with Gasteiger partial charge in [0, 0.05) is 39.1 Å². The lowest BCUT2D eigenvalue weighted by Crippen LogP contribution is -2.49. The minimum Gasteiger partial charge on any atom is -0.395 e. The van der Waals surface area contributed by atoms with Crippen molar-refractivity contribution in [3.63, 3.8) is 0 Å². The summed E-state index contributed by atoms with van der Waals surface area (Å²) in [6.45, 7) is 4.27. The SMILES string of the molecule is O=C(CCCc1ccccc1)N1CCN(CCO)CC1. The predicted molar refractivity (Wildman–Crippen MR) is 79.5 cm³/mol. The molecule has 1 heterocycles. The van der Waals surface area contributed by atoms with Gasteiger partial charge in [0.05, 0.1) is 6.61 Å². The van der Waals surface area contributed by atoms with Gasteiger partial charge in [-0.3, -0.25) is 9.69 Å². The fourth-order valence-corrected chi connectivity index (χ4v) is 2.61. The van der Waals surface area contributed by atoms with Crippen molar-refractivity contribution < 1.29 is 9.90 Å². The largest absolute Gasteiger partial charge is 0.395 e. The van der Waals surface area contributed by atoms with Gasteiger partial charge in [-0.2, -0.15) is 0 Å². The maximum atomic E-state index is 12.1. The van der Waals surface area contributed by atoms with E-state index >= 15 is 0 Å². The maximum absolute atomic E-state index is 12.1. The highest BCUT2D eigenvalue weighted by atomic mass is 16.3. The van der Waals surface area contributed by atoms with E-state index in [0.717, 1.165) is 45.6 Å². The average molecular weight is 276 g/mol. The number of aryl methyl sites for hydroxylation is 1. The van der Waals surface area contributed by atoms with Crippen molar-refractivity contribution in [1.82, 2.24) is 9.80 Å². The molecule has 0 unspecified atom stereocenters. The fourth-order valence-electron chi connectivity index (χ4n) is 2.61.